The van der Waals surface area contributed by atoms with E-state index in [1.165, 1.54) is 12.8 Å². The lowest BCUT2D eigenvalue weighted by molar-refractivity contribution is -0.149. The normalized spacial score (nSPS) is 19.5. The number of ether oxygens (including phenoxy) is 1. The number of piperidine rings is 1. The maximum Gasteiger partial charge on any atom is 0.310 e. The van der Waals surface area contributed by atoms with E-state index in [1.807, 2.05) is 6.92 Å². The Morgan fingerprint density at radius 1 is 1.33 bits per heavy atom. The van der Waals surface area contributed by atoms with Gasteiger partial charge in [0.05, 0.1) is 12.5 Å². The first-order chi connectivity index (χ1) is 10.2. The summed E-state index contributed by atoms with van der Waals surface area (Å²) in [7, 11) is 0. The number of carbonyl (C=O) groups is 1. The number of aliphatic imine (C=N–C) groups is 1. The highest BCUT2D eigenvalue weighted by molar-refractivity contribution is 5.81. The van der Waals surface area contributed by atoms with E-state index in [9.17, 15) is 4.79 Å². The fourth-order valence-corrected chi connectivity index (χ4v) is 2.59. The van der Waals surface area contributed by atoms with Gasteiger partial charge in [-0.15, -0.1) is 0 Å². The van der Waals surface area contributed by atoms with Crippen molar-refractivity contribution in [3.8, 4) is 0 Å². The Labute approximate surface area is 129 Å². The molecule has 1 heterocycles. The van der Waals surface area contributed by atoms with E-state index in [0.717, 1.165) is 51.4 Å². The SMILES string of the molecule is CCCCCN=C(NCC)N1CCCC(C(=O)OCC)C1. The van der Waals surface area contributed by atoms with E-state index in [0.29, 0.717) is 6.61 Å². The van der Waals surface area contributed by atoms with Gasteiger partial charge >= 0.3 is 5.97 Å². The van der Waals surface area contributed by atoms with Gasteiger partial charge in [-0.25, -0.2) is 0 Å². The van der Waals surface area contributed by atoms with Crippen LogP contribution in [0.1, 0.15) is 52.9 Å². The Balaban J connectivity index is 2.58. The molecule has 1 aliphatic rings. The van der Waals surface area contributed by atoms with Gasteiger partial charge in [0.15, 0.2) is 5.96 Å². The zero-order chi connectivity index (χ0) is 15.5. The Morgan fingerprint density at radius 2 is 2.14 bits per heavy atom. The van der Waals surface area contributed by atoms with Crippen LogP contribution in [0.4, 0.5) is 0 Å². The number of esters is 1. The molecule has 1 fully saturated rings. The van der Waals surface area contributed by atoms with Crippen molar-refractivity contribution in [3.05, 3.63) is 0 Å². The maximum absolute atomic E-state index is 11.9. The molecule has 122 valence electrons. The molecular weight excluding hydrogens is 266 g/mol. The predicted octanol–water partition coefficient (Wildman–Crippen LogP) is 2.42. The van der Waals surface area contributed by atoms with Crippen molar-refractivity contribution in [2.75, 3.05) is 32.8 Å². The second kappa shape index (κ2) is 10.5. The molecule has 5 nitrogen and oxygen atoms in total. The molecule has 1 aliphatic heterocycles. The highest BCUT2D eigenvalue weighted by Gasteiger charge is 2.28. The van der Waals surface area contributed by atoms with Crippen molar-refractivity contribution in [2.45, 2.75) is 52.9 Å². The molecule has 0 bridgehead atoms. The summed E-state index contributed by atoms with van der Waals surface area (Å²) in [6.45, 7) is 9.99. The standard InChI is InChI=1S/C16H31N3O2/c1-4-7-8-11-18-16(17-5-2)19-12-9-10-14(13-19)15(20)21-6-3/h14H,4-13H2,1-3H3,(H,17,18). The van der Waals surface area contributed by atoms with Gasteiger partial charge in [0.1, 0.15) is 0 Å². The average Bonchev–Trinajstić information content (AvgIpc) is 2.51. The van der Waals surface area contributed by atoms with Crippen LogP contribution in [0.25, 0.3) is 0 Å². The molecule has 0 radical (unpaired) electrons. The lowest BCUT2D eigenvalue weighted by Gasteiger charge is -2.34. The summed E-state index contributed by atoms with van der Waals surface area (Å²) in [5.74, 6) is 0.866. The minimum absolute atomic E-state index is 0.0156. The molecule has 1 rings (SSSR count). The van der Waals surface area contributed by atoms with Crippen molar-refractivity contribution in [1.82, 2.24) is 10.2 Å². The van der Waals surface area contributed by atoms with Gasteiger partial charge in [0.25, 0.3) is 0 Å². The van der Waals surface area contributed by atoms with Gasteiger partial charge in [-0.1, -0.05) is 19.8 Å². The summed E-state index contributed by atoms with van der Waals surface area (Å²) in [5.41, 5.74) is 0. The minimum atomic E-state index is -0.0657. The van der Waals surface area contributed by atoms with E-state index in [2.05, 4.69) is 24.1 Å². The van der Waals surface area contributed by atoms with Crippen molar-refractivity contribution >= 4 is 11.9 Å². The van der Waals surface area contributed by atoms with Crippen LogP contribution in [0.3, 0.4) is 0 Å². The highest BCUT2D eigenvalue weighted by atomic mass is 16.5. The summed E-state index contributed by atoms with van der Waals surface area (Å²) in [6.07, 6.45) is 5.49. The average molecular weight is 297 g/mol. The van der Waals surface area contributed by atoms with Crippen LogP contribution in [-0.2, 0) is 9.53 Å². The second-order valence-corrected chi connectivity index (χ2v) is 5.48. The third kappa shape index (κ3) is 6.36. The molecule has 0 aromatic carbocycles. The first kappa shape index (κ1) is 17.8. The Kier molecular flexibility index (Phi) is 8.87. The second-order valence-electron chi connectivity index (χ2n) is 5.48. The largest absolute Gasteiger partial charge is 0.466 e. The summed E-state index contributed by atoms with van der Waals surface area (Å²) in [6, 6.07) is 0. The Morgan fingerprint density at radius 3 is 2.81 bits per heavy atom. The Hall–Kier alpha value is -1.26. The number of likely N-dealkylation sites (tertiary alicyclic amines) is 1. The summed E-state index contributed by atoms with van der Waals surface area (Å²) in [4.78, 5) is 18.8. The molecule has 0 amide bonds. The topological polar surface area (TPSA) is 53.9 Å². The van der Waals surface area contributed by atoms with Crippen LogP contribution >= 0.6 is 0 Å². The van der Waals surface area contributed by atoms with Crippen LogP contribution in [0.2, 0.25) is 0 Å². The number of unbranched alkanes of at least 4 members (excludes halogenated alkanes) is 2. The third-order valence-electron chi connectivity index (χ3n) is 3.70. The molecule has 1 saturated heterocycles. The lowest BCUT2D eigenvalue weighted by atomic mass is 9.98. The van der Waals surface area contributed by atoms with E-state index >= 15 is 0 Å². The molecule has 0 aromatic rings. The van der Waals surface area contributed by atoms with Crippen molar-refractivity contribution in [1.29, 1.82) is 0 Å². The third-order valence-corrected chi connectivity index (χ3v) is 3.70. The van der Waals surface area contributed by atoms with Gasteiger partial charge < -0.3 is 15.0 Å². The summed E-state index contributed by atoms with van der Waals surface area (Å²) in [5, 5.41) is 3.34. The first-order valence-electron chi connectivity index (χ1n) is 8.42. The molecule has 1 N–H and O–H groups in total. The fraction of sp³-hybridized carbons (Fsp3) is 0.875. The van der Waals surface area contributed by atoms with Crippen molar-refractivity contribution in [2.24, 2.45) is 10.9 Å². The number of carbonyl (C=O) groups excluding carboxylic acids is 1. The molecule has 0 spiro atoms. The van der Waals surface area contributed by atoms with Gasteiger partial charge in [-0.05, 0) is 33.1 Å². The number of hydrogen-bond donors (Lipinski definition) is 1. The van der Waals surface area contributed by atoms with Crippen LogP contribution < -0.4 is 5.32 Å². The van der Waals surface area contributed by atoms with E-state index in [-0.39, 0.29) is 11.9 Å². The van der Waals surface area contributed by atoms with Crippen LogP contribution in [0.5, 0.6) is 0 Å². The van der Waals surface area contributed by atoms with Crippen molar-refractivity contribution < 1.29 is 9.53 Å². The molecule has 0 aliphatic carbocycles. The summed E-state index contributed by atoms with van der Waals surface area (Å²) < 4.78 is 5.16. The van der Waals surface area contributed by atoms with E-state index in [4.69, 9.17) is 9.73 Å². The maximum atomic E-state index is 11.9. The molecule has 1 unspecified atom stereocenters. The van der Waals surface area contributed by atoms with Gasteiger partial charge in [-0.2, -0.15) is 0 Å². The van der Waals surface area contributed by atoms with Gasteiger partial charge in [0.2, 0.25) is 0 Å². The number of guanidine groups is 1. The zero-order valence-electron chi connectivity index (χ0n) is 13.9. The number of nitrogens with one attached hydrogen (secondary N) is 1. The van der Waals surface area contributed by atoms with Gasteiger partial charge in [0, 0.05) is 26.2 Å². The smallest absolute Gasteiger partial charge is 0.310 e. The monoisotopic (exact) mass is 297 g/mol. The highest BCUT2D eigenvalue weighted by Crippen LogP contribution is 2.18. The minimum Gasteiger partial charge on any atom is -0.466 e. The van der Waals surface area contributed by atoms with E-state index < -0.39 is 0 Å². The van der Waals surface area contributed by atoms with Crippen LogP contribution in [0.15, 0.2) is 4.99 Å². The van der Waals surface area contributed by atoms with Crippen LogP contribution in [-0.4, -0.2) is 49.6 Å². The Bertz CT molecular complexity index is 331. The lowest BCUT2D eigenvalue weighted by Crippen LogP contribution is -2.48. The molecule has 5 heteroatoms. The first-order valence-corrected chi connectivity index (χ1v) is 8.42. The quantitative estimate of drug-likeness (QED) is 0.339. The molecule has 0 aromatic heterocycles. The molecule has 21 heavy (non-hydrogen) atoms. The molecule has 0 saturated carbocycles. The fourth-order valence-electron chi connectivity index (χ4n) is 2.59. The summed E-state index contributed by atoms with van der Waals surface area (Å²) >= 11 is 0. The van der Waals surface area contributed by atoms with Crippen LogP contribution in [0, 0.1) is 5.92 Å². The molecule has 1 atom stereocenters. The zero-order valence-corrected chi connectivity index (χ0v) is 13.9. The predicted molar refractivity (Wildman–Crippen MR) is 86.4 cm³/mol. The van der Waals surface area contributed by atoms with E-state index in [1.54, 1.807) is 0 Å². The number of nitrogens with zero attached hydrogens (tertiary/aromatic N) is 2. The molecular formula is C16H31N3O2. The van der Waals surface area contributed by atoms with Gasteiger partial charge in [-0.3, -0.25) is 9.79 Å². The number of hydrogen-bond acceptors (Lipinski definition) is 3. The number of rotatable bonds is 7. The van der Waals surface area contributed by atoms with Crippen molar-refractivity contribution in [3.63, 3.8) is 0 Å².